The van der Waals surface area contributed by atoms with E-state index in [9.17, 15) is 0 Å². The van der Waals surface area contributed by atoms with Gasteiger partial charge in [0.05, 0.1) is 0 Å². The SMILES string of the molecule is CC(C)C1=CC=CC1.CC(C)C1=CC=CC1. The molecule has 0 saturated heterocycles. The Morgan fingerprint density at radius 1 is 0.750 bits per heavy atom. The molecule has 2 rings (SSSR count). The van der Waals surface area contributed by atoms with Crippen LogP contribution in [0.15, 0.2) is 47.6 Å². The minimum absolute atomic E-state index is 0.741. The molecule has 0 amide bonds. The summed E-state index contributed by atoms with van der Waals surface area (Å²) in [6.45, 7) is 8.94. The van der Waals surface area contributed by atoms with Gasteiger partial charge >= 0.3 is 0 Å². The van der Waals surface area contributed by atoms with E-state index >= 15 is 0 Å². The van der Waals surface area contributed by atoms with Gasteiger partial charge in [-0.25, -0.2) is 0 Å². The summed E-state index contributed by atoms with van der Waals surface area (Å²) >= 11 is 0. The molecule has 0 N–H and O–H groups in total. The predicted octanol–water partition coefficient (Wildman–Crippen LogP) is 5.06. The van der Waals surface area contributed by atoms with Crippen LogP contribution in [0.1, 0.15) is 40.5 Å². The maximum absolute atomic E-state index is 2.23. The molecule has 0 bridgehead atoms. The topological polar surface area (TPSA) is 0 Å². The molecule has 0 unspecified atom stereocenters. The molecule has 0 aromatic rings. The number of rotatable bonds is 2. The van der Waals surface area contributed by atoms with E-state index in [1.54, 1.807) is 11.1 Å². The minimum Gasteiger partial charge on any atom is -0.0805 e. The van der Waals surface area contributed by atoms with Gasteiger partial charge in [-0.1, -0.05) is 75.3 Å². The molecule has 0 saturated carbocycles. The molecule has 16 heavy (non-hydrogen) atoms. The summed E-state index contributed by atoms with van der Waals surface area (Å²) in [5.74, 6) is 1.48. The largest absolute Gasteiger partial charge is 0.0805 e. The van der Waals surface area contributed by atoms with Crippen LogP contribution in [0.3, 0.4) is 0 Å². The van der Waals surface area contributed by atoms with E-state index in [-0.39, 0.29) is 0 Å². The third-order valence-corrected chi connectivity index (χ3v) is 3.08. The number of allylic oxidation sites excluding steroid dienone is 8. The molecule has 0 atom stereocenters. The lowest BCUT2D eigenvalue weighted by Crippen LogP contribution is -1.88. The van der Waals surface area contributed by atoms with Crippen molar-refractivity contribution in [2.75, 3.05) is 0 Å². The highest BCUT2D eigenvalue weighted by Crippen LogP contribution is 2.19. The highest BCUT2D eigenvalue weighted by Gasteiger charge is 2.02. The van der Waals surface area contributed by atoms with Crippen LogP contribution in [0.4, 0.5) is 0 Å². The zero-order chi connectivity index (χ0) is 12.0. The highest BCUT2D eigenvalue weighted by atomic mass is 14.1. The Hall–Kier alpha value is -1.04. The fourth-order valence-electron chi connectivity index (χ4n) is 1.78. The first-order chi connectivity index (χ1) is 7.61. The van der Waals surface area contributed by atoms with Gasteiger partial charge in [-0.3, -0.25) is 0 Å². The van der Waals surface area contributed by atoms with E-state index in [1.165, 1.54) is 12.8 Å². The molecule has 0 nitrogen and oxygen atoms in total. The normalized spacial score (nSPS) is 17.6. The molecule has 88 valence electrons. The number of hydrogen-bond donors (Lipinski definition) is 0. The van der Waals surface area contributed by atoms with Crippen LogP contribution in [-0.4, -0.2) is 0 Å². The van der Waals surface area contributed by atoms with Crippen molar-refractivity contribution in [3.05, 3.63) is 47.6 Å². The van der Waals surface area contributed by atoms with Gasteiger partial charge in [0.2, 0.25) is 0 Å². The lowest BCUT2D eigenvalue weighted by atomic mass is 10.0. The summed E-state index contributed by atoms with van der Waals surface area (Å²) in [7, 11) is 0. The Morgan fingerprint density at radius 2 is 1.12 bits per heavy atom. The van der Waals surface area contributed by atoms with Gasteiger partial charge in [0.25, 0.3) is 0 Å². The Labute approximate surface area is 100 Å². The van der Waals surface area contributed by atoms with Crippen molar-refractivity contribution >= 4 is 0 Å². The van der Waals surface area contributed by atoms with Crippen molar-refractivity contribution in [2.45, 2.75) is 40.5 Å². The van der Waals surface area contributed by atoms with E-state index < -0.39 is 0 Å². The first-order valence-corrected chi connectivity index (χ1v) is 6.32. The minimum atomic E-state index is 0.741. The summed E-state index contributed by atoms with van der Waals surface area (Å²) in [5, 5.41) is 0. The van der Waals surface area contributed by atoms with Crippen LogP contribution in [-0.2, 0) is 0 Å². The Balaban J connectivity index is 0.000000160. The summed E-state index contributed by atoms with van der Waals surface area (Å²) in [6, 6.07) is 0. The molecular formula is C16H24. The van der Waals surface area contributed by atoms with Crippen molar-refractivity contribution in [1.82, 2.24) is 0 Å². The fourth-order valence-corrected chi connectivity index (χ4v) is 1.78. The maximum Gasteiger partial charge on any atom is -0.0130 e. The molecular weight excluding hydrogens is 192 g/mol. The summed E-state index contributed by atoms with van der Waals surface area (Å²) in [4.78, 5) is 0. The Morgan fingerprint density at radius 3 is 1.25 bits per heavy atom. The fraction of sp³-hybridized carbons (Fsp3) is 0.500. The van der Waals surface area contributed by atoms with Gasteiger partial charge in [0.15, 0.2) is 0 Å². The molecule has 0 aromatic carbocycles. The molecule has 2 aliphatic rings. The van der Waals surface area contributed by atoms with Crippen LogP contribution in [0.25, 0.3) is 0 Å². The third-order valence-electron chi connectivity index (χ3n) is 3.08. The second-order valence-electron chi connectivity index (χ2n) is 5.06. The van der Waals surface area contributed by atoms with Gasteiger partial charge in [-0.15, -0.1) is 0 Å². The van der Waals surface area contributed by atoms with E-state index in [0.717, 1.165) is 11.8 Å². The van der Waals surface area contributed by atoms with Crippen molar-refractivity contribution in [3.8, 4) is 0 Å². The first-order valence-electron chi connectivity index (χ1n) is 6.32. The molecule has 2 aliphatic carbocycles. The molecule has 0 heterocycles. The maximum atomic E-state index is 2.23. The Bertz CT molecular complexity index is 288. The number of hydrogen-bond acceptors (Lipinski definition) is 0. The standard InChI is InChI=1S/2C8H12/c2*1-7(2)8-5-3-4-6-8/h2*3-5,7H,6H2,1-2H3. The van der Waals surface area contributed by atoms with Crippen molar-refractivity contribution in [1.29, 1.82) is 0 Å². The predicted molar refractivity (Wildman–Crippen MR) is 73.4 cm³/mol. The summed E-state index contributed by atoms with van der Waals surface area (Å²) in [6.07, 6.45) is 15.5. The van der Waals surface area contributed by atoms with Crippen LogP contribution < -0.4 is 0 Å². The molecule has 0 aromatic heterocycles. The first kappa shape index (κ1) is 13.0. The van der Waals surface area contributed by atoms with Gasteiger partial charge < -0.3 is 0 Å². The van der Waals surface area contributed by atoms with Crippen molar-refractivity contribution in [3.63, 3.8) is 0 Å². The second kappa shape index (κ2) is 6.52. The zero-order valence-corrected chi connectivity index (χ0v) is 11.0. The average Bonchev–Trinajstić information content (AvgIpc) is 2.93. The van der Waals surface area contributed by atoms with Crippen LogP contribution in [0.2, 0.25) is 0 Å². The van der Waals surface area contributed by atoms with Crippen LogP contribution in [0.5, 0.6) is 0 Å². The van der Waals surface area contributed by atoms with Crippen molar-refractivity contribution < 1.29 is 0 Å². The molecule has 0 radical (unpaired) electrons. The second-order valence-corrected chi connectivity index (χ2v) is 5.06. The monoisotopic (exact) mass is 216 g/mol. The van der Waals surface area contributed by atoms with Crippen molar-refractivity contribution in [2.24, 2.45) is 11.8 Å². The van der Waals surface area contributed by atoms with E-state index in [1.807, 2.05) is 0 Å². The lowest BCUT2D eigenvalue weighted by molar-refractivity contribution is 0.753. The van der Waals surface area contributed by atoms with Gasteiger partial charge in [-0.05, 0) is 24.7 Å². The lowest BCUT2D eigenvalue weighted by Gasteiger charge is -2.02. The van der Waals surface area contributed by atoms with E-state index in [0.29, 0.717) is 0 Å². The van der Waals surface area contributed by atoms with E-state index in [2.05, 4.69) is 64.2 Å². The molecule has 0 fully saturated rings. The zero-order valence-electron chi connectivity index (χ0n) is 11.0. The molecule has 0 heteroatoms. The summed E-state index contributed by atoms with van der Waals surface area (Å²) < 4.78 is 0. The Kier molecular flexibility index (Phi) is 5.31. The summed E-state index contributed by atoms with van der Waals surface area (Å²) in [5.41, 5.74) is 3.12. The van der Waals surface area contributed by atoms with E-state index in [4.69, 9.17) is 0 Å². The van der Waals surface area contributed by atoms with Gasteiger partial charge in [-0.2, -0.15) is 0 Å². The van der Waals surface area contributed by atoms with Gasteiger partial charge in [0.1, 0.15) is 0 Å². The quantitative estimate of drug-likeness (QED) is 0.605. The van der Waals surface area contributed by atoms with Gasteiger partial charge in [0, 0.05) is 0 Å². The third kappa shape index (κ3) is 4.22. The molecule has 0 aliphatic heterocycles. The average molecular weight is 216 g/mol. The highest BCUT2D eigenvalue weighted by molar-refractivity contribution is 5.24. The van der Waals surface area contributed by atoms with Crippen LogP contribution in [0, 0.1) is 11.8 Å². The smallest absolute Gasteiger partial charge is 0.0130 e. The van der Waals surface area contributed by atoms with Crippen LogP contribution >= 0.6 is 0 Å². The molecule has 0 spiro atoms.